The summed E-state index contributed by atoms with van der Waals surface area (Å²) in [6.45, 7) is 1.94. The SMILES string of the molecule is COC1(c2nc(C(F)(F)F)c(CN)s2)CCCC(C)C1. The second-order valence-corrected chi connectivity index (χ2v) is 6.48. The quantitative estimate of drug-likeness (QED) is 0.927. The summed E-state index contributed by atoms with van der Waals surface area (Å²) in [6, 6.07) is 0. The van der Waals surface area contributed by atoms with E-state index in [0.29, 0.717) is 23.8 Å². The molecule has 114 valence electrons. The molecule has 2 rings (SSSR count). The summed E-state index contributed by atoms with van der Waals surface area (Å²) >= 11 is 1.04. The summed E-state index contributed by atoms with van der Waals surface area (Å²) in [5.41, 5.74) is 3.89. The lowest BCUT2D eigenvalue weighted by Crippen LogP contribution is -2.34. The van der Waals surface area contributed by atoms with Gasteiger partial charge >= 0.3 is 6.18 Å². The van der Waals surface area contributed by atoms with Gasteiger partial charge in [-0.1, -0.05) is 13.3 Å². The molecule has 1 aliphatic rings. The van der Waals surface area contributed by atoms with Gasteiger partial charge in [0.2, 0.25) is 0 Å². The van der Waals surface area contributed by atoms with Crippen LogP contribution in [-0.2, 0) is 23.1 Å². The molecule has 0 radical (unpaired) electrons. The number of alkyl halides is 3. The molecule has 3 nitrogen and oxygen atoms in total. The normalized spacial score (nSPS) is 27.8. The van der Waals surface area contributed by atoms with Gasteiger partial charge in [0.15, 0.2) is 5.69 Å². The molecule has 2 atom stereocenters. The van der Waals surface area contributed by atoms with Gasteiger partial charge in [-0.25, -0.2) is 4.98 Å². The molecular weight excluding hydrogens is 289 g/mol. The summed E-state index contributed by atoms with van der Waals surface area (Å²) in [5.74, 6) is 0.420. The molecule has 1 saturated carbocycles. The standard InChI is InChI=1S/C13H19F3N2OS/c1-8-4-3-5-12(6-8,19-2)11-18-10(13(14,15)16)9(7-17)20-11/h8H,3-7,17H2,1-2H3. The monoisotopic (exact) mass is 308 g/mol. The Bertz CT molecular complexity index is 475. The number of nitrogens with zero attached hydrogens (tertiary/aromatic N) is 1. The summed E-state index contributed by atoms with van der Waals surface area (Å²) < 4.78 is 44.5. The smallest absolute Gasteiger partial charge is 0.371 e. The minimum Gasteiger partial charge on any atom is -0.371 e. The van der Waals surface area contributed by atoms with Crippen LogP contribution >= 0.6 is 11.3 Å². The van der Waals surface area contributed by atoms with Crippen molar-refractivity contribution in [2.75, 3.05) is 7.11 Å². The number of thiazole rings is 1. The van der Waals surface area contributed by atoms with Gasteiger partial charge in [-0.3, -0.25) is 0 Å². The molecule has 0 aliphatic heterocycles. The maximum absolute atomic E-state index is 13.0. The summed E-state index contributed by atoms with van der Waals surface area (Å²) in [5, 5.41) is 0.416. The maximum Gasteiger partial charge on any atom is 0.434 e. The van der Waals surface area contributed by atoms with Crippen LogP contribution in [0.1, 0.15) is 48.2 Å². The fraction of sp³-hybridized carbons (Fsp3) is 0.769. The fourth-order valence-corrected chi connectivity index (χ4v) is 4.04. The Morgan fingerprint density at radius 3 is 2.65 bits per heavy atom. The Balaban J connectivity index is 2.43. The van der Waals surface area contributed by atoms with Gasteiger partial charge in [-0.05, 0) is 25.2 Å². The van der Waals surface area contributed by atoms with Crippen LogP contribution in [0.4, 0.5) is 13.2 Å². The molecule has 0 spiro atoms. The van der Waals surface area contributed by atoms with Crippen LogP contribution < -0.4 is 5.73 Å². The predicted octanol–water partition coefficient (Wildman–Crippen LogP) is 3.67. The van der Waals surface area contributed by atoms with E-state index in [4.69, 9.17) is 10.5 Å². The van der Waals surface area contributed by atoms with Gasteiger partial charge in [0.05, 0.1) is 4.88 Å². The first-order chi connectivity index (χ1) is 9.32. The van der Waals surface area contributed by atoms with Crippen LogP contribution in [0.3, 0.4) is 0 Å². The fourth-order valence-electron chi connectivity index (χ4n) is 2.88. The second-order valence-electron chi connectivity index (χ2n) is 5.39. The Morgan fingerprint density at radius 1 is 1.50 bits per heavy atom. The largest absolute Gasteiger partial charge is 0.434 e. The molecule has 1 heterocycles. The Kier molecular flexibility index (Phi) is 4.41. The van der Waals surface area contributed by atoms with E-state index in [2.05, 4.69) is 11.9 Å². The first-order valence-corrected chi connectivity index (χ1v) is 7.46. The summed E-state index contributed by atoms with van der Waals surface area (Å²) in [6.07, 6.45) is -1.03. The average molecular weight is 308 g/mol. The third-order valence-corrected chi connectivity index (χ3v) is 5.15. The average Bonchev–Trinajstić information content (AvgIpc) is 2.83. The van der Waals surface area contributed by atoms with Crippen molar-refractivity contribution in [2.45, 2.75) is 50.9 Å². The summed E-state index contributed by atoms with van der Waals surface area (Å²) in [7, 11) is 1.55. The third-order valence-electron chi connectivity index (χ3n) is 3.89. The van der Waals surface area contributed by atoms with Crippen LogP contribution in [0.25, 0.3) is 0 Å². The molecular formula is C13H19F3N2OS. The zero-order valence-corrected chi connectivity index (χ0v) is 12.4. The van der Waals surface area contributed by atoms with E-state index in [1.54, 1.807) is 7.11 Å². The van der Waals surface area contributed by atoms with Crippen molar-refractivity contribution in [2.24, 2.45) is 11.7 Å². The highest BCUT2D eigenvalue weighted by Gasteiger charge is 2.43. The second kappa shape index (κ2) is 5.61. The molecule has 1 fully saturated rings. The molecule has 20 heavy (non-hydrogen) atoms. The van der Waals surface area contributed by atoms with Crippen molar-refractivity contribution in [3.05, 3.63) is 15.6 Å². The van der Waals surface area contributed by atoms with Crippen molar-refractivity contribution in [3.8, 4) is 0 Å². The van der Waals surface area contributed by atoms with E-state index in [0.717, 1.165) is 24.2 Å². The van der Waals surface area contributed by atoms with E-state index >= 15 is 0 Å². The minimum atomic E-state index is -4.46. The number of hydrogen-bond donors (Lipinski definition) is 1. The first-order valence-electron chi connectivity index (χ1n) is 6.65. The van der Waals surface area contributed by atoms with Crippen LogP contribution in [-0.4, -0.2) is 12.1 Å². The number of methoxy groups -OCH3 is 1. The van der Waals surface area contributed by atoms with E-state index in [1.165, 1.54) is 0 Å². The van der Waals surface area contributed by atoms with Gasteiger partial charge in [0.25, 0.3) is 0 Å². The van der Waals surface area contributed by atoms with Gasteiger partial charge in [0.1, 0.15) is 10.6 Å². The Morgan fingerprint density at radius 2 is 2.20 bits per heavy atom. The van der Waals surface area contributed by atoms with Gasteiger partial charge < -0.3 is 10.5 Å². The third kappa shape index (κ3) is 2.84. The van der Waals surface area contributed by atoms with Crippen molar-refractivity contribution in [1.82, 2.24) is 4.98 Å². The molecule has 7 heteroatoms. The summed E-state index contributed by atoms with van der Waals surface area (Å²) in [4.78, 5) is 3.93. The molecule has 1 aliphatic carbocycles. The van der Waals surface area contributed by atoms with Gasteiger partial charge in [0, 0.05) is 13.7 Å². The van der Waals surface area contributed by atoms with Crippen molar-refractivity contribution in [1.29, 1.82) is 0 Å². The lowest BCUT2D eigenvalue weighted by Gasteiger charge is -2.37. The van der Waals surface area contributed by atoms with Gasteiger partial charge in [-0.2, -0.15) is 13.2 Å². The zero-order valence-electron chi connectivity index (χ0n) is 11.6. The molecule has 0 saturated heterocycles. The van der Waals surface area contributed by atoms with E-state index in [1.807, 2.05) is 0 Å². The van der Waals surface area contributed by atoms with Crippen LogP contribution in [0.5, 0.6) is 0 Å². The minimum absolute atomic E-state index is 0.0853. The number of hydrogen-bond acceptors (Lipinski definition) is 4. The maximum atomic E-state index is 13.0. The lowest BCUT2D eigenvalue weighted by atomic mass is 9.79. The van der Waals surface area contributed by atoms with Crippen LogP contribution in [0.2, 0.25) is 0 Å². The van der Waals surface area contributed by atoms with E-state index < -0.39 is 17.5 Å². The molecule has 1 aromatic heterocycles. The van der Waals surface area contributed by atoms with E-state index in [9.17, 15) is 13.2 Å². The molecule has 1 aromatic rings. The van der Waals surface area contributed by atoms with Crippen LogP contribution in [0.15, 0.2) is 0 Å². The first kappa shape index (κ1) is 15.7. The van der Waals surface area contributed by atoms with Crippen molar-refractivity contribution < 1.29 is 17.9 Å². The molecule has 2 unspecified atom stereocenters. The van der Waals surface area contributed by atoms with Crippen LogP contribution in [0, 0.1) is 5.92 Å². The molecule has 0 bridgehead atoms. The zero-order chi connectivity index (χ0) is 15.0. The highest BCUT2D eigenvalue weighted by molar-refractivity contribution is 7.11. The Hall–Kier alpha value is -0.660. The predicted molar refractivity (Wildman–Crippen MR) is 71.3 cm³/mol. The number of rotatable bonds is 3. The lowest BCUT2D eigenvalue weighted by molar-refractivity contribution is -0.141. The highest BCUT2D eigenvalue weighted by atomic mass is 32.1. The highest BCUT2D eigenvalue weighted by Crippen LogP contribution is 2.46. The van der Waals surface area contributed by atoms with E-state index in [-0.39, 0.29) is 11.4 Å². The topological polar surface area (TPSA) is 48.1 Å². The molecule has 2 N–H and O–H groups in total. The number of ether oxygens (including phenoxy) is 1. The van der Waals surface area contributed by atoms with Crippen molar-refractivity contribution >= 4 is 11.3 Å². The number of aromatic nitrogens is 1. The number of halogens is 3. The van der Waals surface area contributed by atoms with Gasteiger partial charge in [-0.15, -0.1) is 11.3 Å². The molecule has 0 aromatic carbocycles. The number of nitrogens with two attached hydrogens (primary N) is 1. The Labute approximate surface area is 120 Å². The van der Waals surface area contributed by atoms with Crippen molar-refractivity contribution in [3.63, 3.8) is 0 Å². The molecule has 0 amide bonds.